The van der Waals surface area contributed by atoms with Crippen molar-refractivity contribution >= 4 is 23.6 Å². The fourth-order valence-corrected chi connectivity index (χ4v) is 4.88. The number of halogens is 3. The number of fused-ring (bicyclic) bond motifs is 1. The first-order valence-electron chi connectivity index (χ1n) is 10.4. The van der Waals surface area contributed by atoms with E-state index in [0.717, 1.165) is 4.90 Å². The monoisotopic (exact) mass is 452 g/mol. The zero-order valence-corrected chi connectivity index (χ0v) is 17.2. The first-order valence-corrected chi connectivity index (χ1v) is 10.4. The van der Waals surface area contributed by atoms with Crippen LogP contribution in [-0.2, 0) is 16.1 Å². The lowest BCUT2D eigenvalue weighted by atomic mass is 9.84. The maximum absolute atomic E-state index is 13.3. The largest absolute Gasteiger partial charge is 0.392 e. The summed E-state index contributed by atoms with van der Waals surface area (Å²) in [6.45, 7) is 0.396. The van der Waals surface area contributed by atoms with Crippen molar-refractivity contribution in [2.75, 3.05) is 19.6 Å². The Hall–Kier alpha value is -2.79. The van der Waals surface area contributed by atoms with Crippen LogP contribution in [0.1, 0.15) is 45.5 Å². The van der Waals surface area contributed by atoms with E-state index < -0.39 is 47.7 Å². The van der Waals surface area contributed by atoms with Gasteiger partial charge in [-0.25, -0.2) is 0 Å². The van der Waals surface area contributed by atoms with Gasteiger partial charge in [-0.1, -0.05) is 12.1 Å². The number of carbonyl (C=O) groups is 4. The molecule has 2 saturated heterocycles. The van der Waals surface area contributed by atoms with Crippen LogP contribution in [0.3, 0.4) is 0 Å². The Labute approximate surface area is 181 Å². The minimum absolute atomic E-state index is 0.0191. The second-order valence-electron chi connectivity index (χ2n) is 8.45. The van der Waals surface area contributed by atoms with E-state index in [9.17, 15) is 32.3 Å². The summed E-state index contributed by atoms with van der Waals surface area (Å²) in [5.74, 6) is -4.61. The summed E-state index contributed by atoms with van der Waals surface area (Å²) in [6, 6.07) is 3.68. The predicted molar refractivity (Wildman–Crippen MR) is 105 cm³/mol. The molecule has 4 rings (SSSR count). The molecule has 3 N–H and O–H groups in total. The Balaban J connectivity index is 1.55. The molecule has 4 amide bonds. The van der Waals surface area contributed by atoms with Gasteiger partial charge in [0.05, 0.1) is 17.0 Å². The Kier molecular flexibility index (Phi) is 5.80. The topological polar surface area (TPSA) is 113 Å². The smallest absolute Gasteiger partial charge is 0.330 e. The molecular formula is C21H23F3N4O4. The van der Waals surface area contributed by atoms with E-state index in [-0.39, 0.29) is 56.6 Å². The molecule has 172 valence electrons. The summed E-state index contributed by atoms with van der Waals surface area (Å²) in [4.78, 5) is 52.4. The second-order valence-corrected chi connectivity index (χ2v) is 8.45. The molecule has 1 aromatic rings. The van der Waals surface area contributed by atoms with Crippen LogP contribution in [0.4, 0.5) is 13.2 Å². The Morgan fingerprint density at radius 2 is 1.84 bits per heavy atom. The van der Waals surface area contributed by atoms with Crippen molar-refractivity contribution in [3.63, 3.8) is 0 Å². The maximum atomic E-state index is 13.3. The van der Waals surface area contributed by atoms with Gasteiger partial charge in [-0.3, -0.25) is 34.3 Å². The molecule has 0 bridgehead atoms. The van der Waals surface area contributed by atoms with Crippen LogP contribution in [0.25, 0.3) is 0 Å². The van der Waals surface area contributed by atoms with Crippen molar-refractivity contribution in [2.24, 2.45) is 17.6 Å². The van der Waals surface area contributed by atoms with Gasteiger partial charge >= 0.3 is 6.18 Å². The van der Waals surface area contributed by atoms with Crippen molar-refractivity contribution in [3.8, 4) is 0 Å². The van der Waals surface area contributed by atoms with Gasteiger partial charge in [0, 0.05) is 19.5 Å². The van der Waals surface area contributed by atoms with Crippen molar-refractivity contribution in [1.82, 2.24) is 15.1 Å². The molecule has 0 aromatic heterocycles. The van der Waals surface area contributed by atoms with Gasteiger partial charge in [0.2, 0.25) is 11.8 Å². The number of alkyl halides is 3. The lowest BCUT2D eigenvalue weighted by molar-refractivity contribution is -0.199. The number of nitrogens with two attached hydrogens (primary N) is 1. The number of hydrogen-bond acceptors (Lipinski definition) is 6. The molecule has 11 heteroatoms. The van der Waals surface area contributed by atoms with Crippen molar-refractivity contribution in [3.05, 3.63) is 34.9 Å². The zero-order valence-electron chi connectivity index (χ0n) is 17.2. The number of carbonyl (C=O) groups excluding carboxylic acids is 4. The molecule has 32 heavy (non-hydrogen) atoms. The number of benzene rings is 1. The second kappa shape index (κ2) is 8.28. The van der Waals surface area contributed by atoms with E-state index in [0.29, 0.717) is 5.56 Å². The number of nitrogens with one attached hydrogen (secondary N) is 1. The first-order chi connectivity index (χ1) is 15.1. The highest BCUT2D eigenvalue weighted by Gasteiger charge is 2.48. The van der Waals surface area contributed by atoms with E-state index in [1.54, 1.807) is 12.1 Å². The lowest BCUT2D eigenvalue weighted by Gasteiger charge is -2.39. The molecule has 0 radical (unpaired) electrons. The standard InChI is InChI=1S/C21H23F3N4O4/c22-21(23,24)14-6-7-27(10-12(14)8-25)9-11-2-1-3-13-17(11)20(32)28(19(13)31)15-4-5-16(29)26-18(15)30/h1-3,12,14-15H,4-10,25H2,(H,26,29,30). The maximum Gasteiger partial charge on any atom is 0.392 e. The van der Waals surface area contributed by atoms with Gasteiger partial charge in [-0.2, -0.15) is 13.2 Å². The van der Waals surface area contributed by atoms with Crippen molar-refractivity contribution in [2.45, 2.75) is 38.0 Å². The number of nitrogens with zero attached hydrogens (tertiary/aromatic N) is 2. The van der Waals surface area contributed by atoms with Crippen LogP contribution in [0, 0.1) is 11.8 Å². The number of amides is 4. The number of piperidine rings is 2. The number of likely N-dealkylation sites (tertiary alicyclic amines) is 1. The molecule has 1 aromatic carbocycles. The Morgan fingerprint density at radius 1 is 1.09 bits per heavy atom. The number of rotatable bonds is 4. The quantitative estimate of drug-likeness (QED) is 0.661. The molecule has 2 fully saturated rings. The van der Waals surface area contributed by atoms with Crippen molar-refractivity contribution < 1.29 is 32.3 Å². The lowest BCUT2D eigenvalue weighted by Crippen LogP contribution is -2.54. The highest BCUT2D eigenvalue weighted by Crippen LogP contribution is 2.38. The predicted octanol–water partition coefficient (Wildman–Crippen LogP) is 1.05. The van der Waals surface area contributed by atoms with Crippen LogP contribution >= 0.6 is 0 Å². The molecule has 3 aliphatic rings. The molecule has 0 spiro atoms. The average Bonchev–Trinajstić information content (AvgIpc) is 2.98. The third kappa shape index (κ3) is 3.90. The molecule has 3 aliphatic heterocycles. The van der Waals surface area contributed by atoms with Crippen LogP contribution in [0.5, 0.6) is 0 Å². The van der Waals surface area contributed by atoms with Gasteiger partial charge in [0.25, 0.3) is 11.8 Å². The Bertz CT molecular complexity index is 980. The third-order valence-electron chi connectivity index (χ3n) is 6.49. The van der Waals surface area contributed by atoms with E-state index in [1.165, 1.54) is 6.07 Å². The zero-order chi connectivity index (χ0) is 23.2. The summed E-state index contributed by atoms with van der Waals surface area (Å²) < 4.78 is 39.8. The fourth-order valence-electron chi connectivity index (χ4n) is 4.88. The summed E-state index contributed by atoms with van der Waals surface area (Å²) >= 11 is 0. The molecule has 3 atom stereocenters. The van der Waals surface area contributed by atoms with Crippen LogP contribution in [0.15, 0.2) is 18.2 Å². The average molecular weight is 452 g/mol. The SMILES string of the molecule is NCC1CN(Cc2cccc3c2C(=O)N(C2CCC(=O)NC2=O)C3=O)CCC1C(F)(F)F. The molecule has 3 unspecified atom stereocenters. The third-order valence-corrected chi connectivity index (χ3v) is 6.49. The van der Waals surface area contributed by atoms with E-state index in [1.807, 2.05) is 4.90 Å². The van der Waals surface area contributed by atoms with Gasteiger partial charge in [0.1, 0.15) is 6.04 Å². The summed E-state index contributed by atoms with van der Waals surface area (Å²) in [6.07, 6.45) is -4.33. The highest BCUT2D eigenvalue weighted by atomic mass is 19.4. The molecule has 0 saturated carbocycles. The van der Waals surface area contributed by atoms with Gasteiger partial charge < -0.3 is 5.73 Å². The fraction of sp³-hybridized carbons (Fsp3) is 0.524. The minimum Gasteiger partial charge on any atom is -0.330 e. The van der Waals surface area contributed by atoms with Crippen LogP contribution in [0.2, 0.25) is 0 Å². The number of hydrogen-bond donors (Lipinski definition) is 2. The van der Waals surface area contributed by atoms with E-state index in [2.05, 4.69) is 5.32 Å². The van der Waals surface area contributed by atoms with E-state index in [4.69, 9.17) is 5.73 Å². The Morgan fingerprint density at radius 3 is 2.50 bits per heavy atom. The normalized spacial score (nSPS) is 27.0. The van der Waals surface area contributed by atoms with Gasteiger partial charge in [-0.05, 0) is 43.5 Å². The molecule has 0 aliphatic carbocycles. The van der Waals surface area contributed by atoms with Gasteiger partial charge in [0.15, 0.2) is 0 Å². The van der Waals surface area contributed by atoms with Gasteiger partial charge in [-0.15, -0.1) is 0 Å². The first kappa shape index (κ1) is 22.4. The minimum atomic E-state index is -4.31. The van der Waals surface area contributed by atoms with Crippen LogP contribution in [-0.4, -0.2) is 65.3 Å². The highest BCUT2D eigenvalue weighted by molar-refractivity contribution is 6.24. The molecular weight excluding hydrogens is 429 g/mol. The summed E-state index contributed by atoms with van der Waals surface area (Å²) in [5, 5.41) is 2.15. The van der Waals surface area contributed by atoms with E-state index >= 15 is 0 Å². The molecule has 3 heterocycles. The summed E-state index contributed by atoms with van der Waals surface area (Å²) in [7, 11) is 0. The van der Waals surface area contributed by atoms with Crippen LogP contribution < -0.4 is 11.1 Å². The van der Waals surface area contributed by atoms with Crippen molar-refractivity contribution in [1.29, 1.82) is 0 Å². The number of imide groups is 2. The summed E-state index contributed by atoms with van der Waals surface area (Å²) in [5.41, 5.74) is 6.42. The molecule has 8 nitrogen and oxygen atoms in total.